The predicted molar refractivity (Wildman–Crippen MR) is 63.7 cm³/mol. The molecule has 18 heavy (non-hydrogen) atoms. The molecule has 1 saturated carbocycles. The van der Waals surface area contributed by atoms with Gasteiger partial charge in [0, 0.05) is 19.8 Å². The molecule has 2 fully saturated rings. The van der Waals surface area contributed by atoms with Gasteiger partial charge in [0.1, 0.15) is 5.54 Å². The number of carbonyl (C=O) groups is 2. The summed E-state index contributed by atoms with van der Waals surface area (Å²) in [6.45, 7) is 0.429. The highest BCUT2D eigenvalue weighted by Gasteiger charge is 2.54. The third-order valence-electron chi connectivity index (χ3n) is 3.84. The third kappa shape index (κ3) is 1.60. The number of aryl methyl sites for hydroxylation is 1. The summed E-state index contributed by atoms with van der Waals surface area (Å²) in [4.78, 5) is 25.3. The maximum Gasteiger partial charge on any atom is 0.325 e. The molecule has 1 aliphatic carbocycles. The standard InChI is InChI=1S/C12H16N4O2/c1-15-8-9(7-13-15)3-6-16-10(17)12(4-2-5-12)14-11(16)18/h7-8H,2-6H2,1H3,(H,14,18). The largest absolute Gasteiger partial charge is 0.325 e. The van der Waals surface area contributed by atoms with Crippen LogP contribution >= 0.6 is 0 Å². The molecule has 1 N–H and O–H groups in total. The average molecular weight is 248 g/mol. The van der Waals surface area contributed by atoms with Gasteiger partial charge >= 0.3 is 6.03 Å². The molecule has 6 heteroatoms. The SMILES string of the molecule is Cn1cc(CCN2C(=O)NC3(CCC3)C2=O)cn1. The molecule has 2 aliphatic rings. The quantitative estimate of drug-likeness (QED) is 0.789. The number of hydrogen-bond donors (Lipinski definition) is 1. The van der Waals surface area contributed by atoms with Crippen LogP contribution in [0, 0.1) is 0 Å². The van der Waals surface area contributed by atoms with Crippen molar-refractivity contribution in [1.82, 2.24) is 20.0 Å². The summed E-state index contributed by atoms with van der Waals surface area (Å²) in [5.74, 6) is -0.0531. The zero-order valence-electron chi connectivity index (χ0n) is 10.3. The number of urea groups is 1. The van der Waals surface area contributed by atoms with Crippen LogP contribution in [0.5, 0.6) is 0 Å². The molecule has 0 bridgehead atoms. The molecule has 96 valence electrons. The van der Waals surface area contributed by atoms with E-state index in [1.807, 2.05) is 13.2 Å². The second-order valence-corrected chi connectivity index (χ2v) is 5.09. The van der Waals surface area contributed by atoms with Crippen LogP contribution in [0.25, 0.3) is 0 Å². The molecule has 1 saturated heterocycles. The highest BCUT2D eigenvalue weighted by Crippen LogP contribution is 2.37. The minimum Gasteiger partial charge on any atom is -0.323 e. The van der Waals surface area contributed by atoms with E-state index in [1.54, 1.807) is 10.9 Å². The van der Waals surface area contributed by atoms with Gasteiger partial charge in [0.05, 0.1) is 6.20 Å². The molecule has 1 aromatic heterocycles. The van der Waals surface area contributed by atoms with E-state index in [-0.39, 0.29) is 11.9 Å². The van der Waals surface area contributed by atoms with Crippen molar-refractivity contribution in [3.8, 4) is 0 Å². The van der Waals surface area contributed by atoms with E-state index in [9.17, 15) is 9.59 Å². The molecule has 6 nitrogen and oxygen atoms in total. The van der Waals surface area contributed by atoms with E-state index in [2.05, 4.69) is 10.4 Å². The van der Waals surface area contributed by atoms with E-state index in [0.717, 1.165) is 24.8 Å². The Kier molecular flexibility index (Phi) is 2.39. The summed E-state index contributed by atoms with van der Waals surface area (Å²) in [6, 6.07) is -0.247. The van der Waals surface area contributed by atoms with Crippen molar-refractivity contribution < 1.29 is 9.59 Å². The number of hydrogen-bond acceptors (Lipinski definition) is 3. The summed E-state index contributed by atoms with van der Waals surface area (Å²) in [5, 5.41) is 6.89. The molecular weight excluding hydrogens is 232 g/mol. The minimum atomic E-state index is -0.563. The van der Waals surface area contributed by atoms with E-state index < -0.39 is 5.54 Å². The average Bonchev–Trinajstić information content (AvgIpc) is 2.79. The van der Waals surface area contributed by atoms with Gasteiger partial charge in [0.25, 0.3) is 5.91 Å². The monoisotopic (exact) mass is 248 g/mol. The van der Waals surface area contributed by atoms with Gasteiger partial charge in [-0.15, -0.1) is 0 Å². The van der Waals surface area contributed by atoms with Crippen LogP contribution in [0.15, 0.2) is 12.4 Å². The van der Waals surface area contributed by atoms with E-state index in [4.69, 9.17) is 0 Å². The normalized spacial score (nSPS) is 21.3. The second kappa shape index (κ2) is 3.83. The van der Waals surface area contributed by atoms with Crippen LogP contribution in [0.1, 0.15) is 24.8 Å². The molecule has 0 unspecified atom stereocenters. The lowest BCUT2D eigenvalue weighted by atomic mass is 9.77. The van der Waals surface area contributed by atoms with Crippen molar-refractivity contribution in [2.24, 2.45) is 7.05 Å². The van der Waals surface area contributed by atoms with Crippen molar-refractivity contribution in [3.63, 3.8) is 0 Å². The Labute approximate surface area is 105 Å². The van der Waals surface area contributed by atoms with Crippen molar-refractivity contribution in [3.05, 3.63) is 18.0 Å². The van der Waals surface area contributed by atoms with Gasteiger partial charge in [-0.2, -0.15) is 5.10 Å². The molecule has 1 aromatic rings. The number of aromatic nitrogens is 2. The number of nitrogens with zero attached hydrogens (tertiary/aromatic N) is 3. The predicted octanol–water partition coefficient (Wildman–Crippen LogP) is 0.437. The zero-order valence-corrected chi connectivity index (χ0v) is 10.3. The van der Waals surface area contributed by atoms with Crippen LogP contribution in [0.2, 0.25) is 0 Å². The van der Waals surface area contributed by atoms with Gasteiger partial charge in [-0.05, 0) is 31.2 Å². The molecule has 0 aromatic carbocycles. The van der Waals surface area contributed by atoms with E-state index in [1.165, 1.54) is 4.90 Å². The molecule has 3 rings (SSSR count). The van der Waals surface area contributed by atoms with Gasteiger partial charge in [-0.3, -0.25) is 14.4 Å². The molecule has 0 atom stereocenters. The number of carbonyl (C=O) groups excluding carboxylic acids is 2. The summed E-state index contributed by atoms with van der Waals surface area (Å²) >= 11 is 0. The Hall–Kier alpha value is -1.85. The topological polar surface area (TPSA) is 67.2 Å². The first-order chi connectivity index (χ1) is 8.61. The fraction of sp³-hybridized carbons (Fsp3) is 0.583. The van der Waals surface area contributed by atoms with Crippen molar-refractivity contribution >= 4 is 11.9 Å². The maximum absolute atomic E-state index is 12.2. The lowest BCUT2D eigenvalue weighted by Gasteiger charge is -2.34. The first-order valence-electron chi connectivity index (χ1n) is 6.22. The Balaban J connectivity index is 1.66. The second-order valence-electron chi connectivity index (χ2n) is 5.09. The number of amides is 3. The fourth-order valence-corrected chi connectivity index (χ4v) is 2.59. The number of rotatable bonds is 3. The molecule has 3 amide bonds. The smallest absolute Gasteiger partial charge is 0.323 e. The van der Waals surface area contributed by atoms with Gasteiger partial charge in [0.15, 0.2) is 0 Å². The number of nitrogens with one attached hydrogen (secondary N) is 1. The van der Waals surface area contributed by atoms with E-state index >= 15 is 0 Å². The number of imide groups is 1. The van der Waals surface area contributed by atoms with Crippen LogP contribution in [0.3, 0.4) is 0 Å². The lowest BCUT2D eigenvalue weighted by Crippen LogP contribution is -2.52. The molecule has 1 aliphatic heterocycles. The Morgan fingerprint density at radius 1 is 1.44 bits per heavy atom. The summed E-state index contributed by atoms with van der Waals surface area (Å²) in [6.07, 6.45) is 6.89. The summed E-state index contributed by atoms with van der Waals surface area (Å²) in [5.41, 5.74) is 0.471. The Bertz CT molecular complexity index is 504. The first-order valence-corrected chi connectivity index (χ1v) is 6.22. The molecule has 1 spiro atoms. The van der Waals surface area contributed by atoms with Gasteiger partial charge < -0.3 is 5.32 Å². The lowest BCUT2D eigenvalue weighted by molar-refractivity contribution is -0.134. The van der Waals surface area contributed by atoms with Crippen molar-refractivity contribution in [2.75, 3.05) is 6.54 Å². The van der Waals surface area contributed by atoms with Gasteiger partial charge in [0.2, 0.25) is 0 Å². The minimum absolute atomic E-state index is 0.0531. The molecule has 0 radical (unpaired) electrons. The van der Waals surface area contributed by atoms with Crippen molar-refractivity contribution in [2.45, 2.75) is 31.2 Å². The van der Waals surface area contributed by atoms with Crippen molar-refractivity contribution in [1.29, 1.82) is 0 Å². The third-order valence-corrected chi connectivity index (χ3v) is 3.84. The maximum atomic E-state index is 12.2. The summed E-state index contributed by atoms with van der Waals surface area (Å²) < 4.78 is 1.72. The van der Waals surface area contributed by atoms with Crippen LogP contribution in [0.4, 0.5) is 4.79 Å². The van der Waals surface area contributed by atoms with Gasteiger partial charge in [-0.1, -0.05) is 0 Å². The van der Waals surface area contributed by atoms with Crippen LogP contribution < -0.4 is 5.32 Å². The molecular formula is C12H16N4O2. The molecule has 2 heterocycles. The fourth-order valence-electron chi connectivity index (χ4n) is 2.59. The van der Waals surface area contributed by atoms with Gasteiger partial charge in [-0.25, -0.2) is 4.79 Å². The summed E-state index contributed by atoms with van der Waals surface area (Å²) in [7, 11) is 1.85. The van der Waals surface area contributed by atoms with E-state index in [0.29, 0.717) is 13.0 Å². The van der Waals surface area contributed by atoms with Crippen LogP contribution in [-0.2, 0) is 18.3 Å². The van der Waals surface area contributed by atoms with Crippen LogP contribution in [-0.4, -0.2) is 38.7 Å². The highest BCUT2D eigenvalue weighted by atomic mass is 16.2. The highest BCUT2D eigenvalue weighted by molar-refractivity contribution is 6.07. The Morgan fingerprint density at radius 3 is 2.72 bits per heavy atom. The Morgan fingerprint density at radius 2 is 2.22 bits per heavy atom. The zero-order chi connectivity index (χ0) is 12.8. The first kappa shape index (κ1) is 11.3.